The monoisotopic (exact) mass is 387 g/mol. The highest BCUT2D eigenvalue weighted by atomic mass is 32.1. The number of hydrogen-bond donors (Lipinski definition) is 1. The van der Waals surface area contributed by atoms with Crippen LogP contribution in [0.15, 0.2) is 79.4 Å². The molecule has 0 saturated heterocycles. The van der Waals surface area contributed by atoms with Crippen molar-refractivity contribution in [3.63, 3.8) is 0 Å². The van der Waals surface area contributed by atoms with Crippen molar-refractivity contribution >= 4 is 28.0 Å². The maximum Gasteiger partial charge on any atom is 0.206 e. The molecular formula is C21H14FN5S. The van der Waals surface area contributed by atoms with E-state index in [1.54, 1.807) is 12.1 Å². The van der Waals surface area contributed by atoms with Crippen molar-refractivity contribution in [1.29, 1.82) is 0 Å². The fourth-order valence-electron chi connectivity index (χ4n) is 3.12. The highest BCUT2D eigenvalue weighted by Gasteiger charge is 2.09. The first-order valence-corrected chi connectivity index (χ1v) is 9.41. The lowest BCUT2D eigenvalue weighted by molar-refractivity contribution is 0.628. The molecule has 0 aliphatic rings. The van der Waals surface area contributed by atoms with E-state index in [1.807, 2.05) is 47.1 Å². The van der Waals surface area contributed by atoms with Crippen molar-refractivity contribution in [3.8, 4) is 22.4 Å². The average molecular weight is 387 g/mol. The second kappa shape index (κ2) is 6.86. The molecule has 0 atom stereocenters. The van der Waals surface area contributed by atoms with Gasteiger partial charge in [0.05, 0.1) is 11.9 Å². The van der Waals surface area contributed by atoms with Gasteiger partial charge in [-0.05, 0) is 47.5 Å². The quantitative estimate of drug-likeness (QED) is 0.448. The number of hydrogen-bond acceptors (Lipinski definition) is 5. The largest absolute Gasteiger partial charge is 0.330 e. The lowest BCUT2D eigenvalue weighted by Crippen LogP contribution is -1.92. The highest BCUT2D eigenvalue weighted by Crippen LogP contribution is 2.28. The Morgan fingerprint density at radius 3 is 2.61 bits per heavy atom. The Hall–Kier alpha value is -3.58. The standard InChI is InChI=1S/C21H14FN5S/c22-17-6-4-14(5-7-17)15-8-9-27-19(12-23-20(27)11-15)16-2-1-3-18(10-16)26-21-24-13-25-28-21/h1-13H,(H,24,25,26). The minimum absolute atomic E-state index is 0.241. The molecule has 5 rings (SSSR count). The van der Waals surface area contributed by atoms with E-state index in [2.05, 4.69) is 25.7 Å². The first-order chi connectivity index (χ1) is 13.8. The zero-order chi connectivity index (χ0) is 18.9. The normalized spacial score (nSPS) is 11.0. The number of imidazole rings is 1. The first-order valence-electron chi connectivity index (χ1n) is 8.63. The Balaban J connectivity index is 1.51. The molecule has 3 heterocycles. The van der Waals surface area contributed by atoms with E-state index < -0.39 is 0 Å². The lowest BCUT2D eigenvalue weighted by Gasteiger charge is -2.07. The molecule has 2 aromatic carbocycles. The Labute approximate surface area is 164 Å². The average Bonchev–Trinajstić information content (AvgIpc) is 3.38. The van der Waals surface area contributed by atoms with Crippen LogP contribution in [0.4, 0.5) is 15.2 Å². The van der Waals surface area contributed by atoms with Crippen LogP contribution < -0.4 is 5.32 Å². The van der Waals surface area contributed by atoms with Crippen molar-refractivity contribution in [2.45, 2.75) is 0 Å². The van der Waals surface area contributed by atoms with Gasteiger partial charge in [0.25, 0.3) is 0 Å². The number of anilines is 2. The summed E-state index contributed by atoms with van der Waals surface area (Å²) in [6.07, 6.45) is 5.37. The molecule has 0 fully saturated rings. The van der Waals surface area contributed by atoms with Crippen LogP contribution in [-0.2, 0) is 0 Å². The van der Waals surface area contributed by atoms with Gasteiger partial charge in [-0.2, -0.15) is 4.37 Å². The van der Waals surface area contributed by atoms with E-state index >= 15 is 0 Å². The topological polar surface area (TPSA) is 55.1 Å². The second-order valence-electron chi connectivity index (χ2n) is 6.25. The molecule has 7 heteroatoms. The molecule has 5 aromatic rings. The molecule has 0 aliphatic heterocycles. The summed E-state index contributed by atoms with van der Waals surface area (Å²) in [5.74, 6) is -0.241. The summed E-state index contributed by atoms with van der Waals surface area (Å²) in [6, 6.07) is 18.6. The Morgan fingerprint density at radius 2 is 1.79 bits per heavy atom. The maximum atomic E-state index is 13.2. The fraction of sp³-hybridized carbons (Fsp3) is 0. The van der Waals surface area contributed by atoms with Crippen molar-refractivity contribution in [2.75, 3.05) is 5.32 Å². The zero-order valence-electron chi connectivity index (χ0n) is 14.6. The number of halogens is 1. The Morgan fingerprint density at radius 1 is 0.893 bits per heavy atom. The van der Waals surface area contributed by atoms with Crippen molar-refractivity contribution in [2.24, 2.45) is 0 Å². The first kappa shape index (κ1) is 16.6. The molecule has 0 unspecified atom stereocenters. The molecule has 0 amide bonds. The van der Waals surface area contributed by atoms with Crippen LogP contribution in [-0.4, -0.2) is 18.7 Å². The van der Waals surface area contributed by atoms with Crippen molar-refractivity contribution < 1.29 is 4.39 Å². The third-order valence-corrected chi connectivity index (χ3v) is 5.04. The van der Waals surface area contributed by atoms with Gasteiger partial charge < -0.3 is 5.32 Å². The van der Waals surface area contributed by atoms with Gasteiger partial charge in [0.15, 0.2) is 0 Å². The molecule has 28 heavy (non-hydrogen) atoms. The van der Waals surface area contributed by atoms with Crippen LogP contribution >= 0.6 is 11.5 Å². The number of nitrogens with one attached hydrogen (secondary N) is 1. The summed E-state index contributed by atoms with van der Waals surface area (Å²) in [7, 11) is 0. The molecular weight excluding hydrogens is 373 g/mol. The third kappa shape index (κ3) is 3.12. The minimum atomic E-state index is -0.241. The maximum absolute atomic E-state index is 13.2. The molecule has 0 radical (unpaired) electrons. The molecule has 0 saturated carbocycles. The number of pyridine rings is 1. The van der Waals surface area contributed by atoms with Gasteiger partial charge in [-0.3, -0.25) is 4.40 Å². The second-order valence-corrected chi connectivity index (χ2v) is 7.03. The van der Waals surface area contributed by atoms with Crippen molar-refractivity contribution in [3.05, 3.63) is 85.2 Å². The number of benzene rings is 2. The summed E-state index contributed by atoms with van der Waals surface area (Å²) in [5.41, 5.74) is 5.75. The van der Waals surface area contributed by atoms with Crippen LogP contribution in [0.2, 0.25) is 0 Å². The molecule has 136 valence electrons. The van der Waals surface area contributed by atoms with Crippen LogP contribution in [0.25, 0.3) is 28.0 Å². The summed E-state index contributed by atoms with van der Waals surface area (Å²) < 4.78 is 19.2. The number of fused-ring (bicyclic) bond motifs is 1. The van der Waals surface area contributed by atoms with E-state index in [4.69, 9.17) is 0 Å². The predicted molar refractivity (Wildman–Crippen MR) is 109 cm³/mol. The minimum Gasteiger partial charge on any atom is -0.330 e. The zero-order valence-corrected chi connectivity index (χ0v) is 15.4. The van der Waals surface area contributed by atoms with Crippen LogP contribution in [0.5, 0.6) is 0 Å². The molecule has 0 aliphatic carbocycles. The summed E-state index contributed by atoms with van der Waals surface area (Å²) in [4.78, 5) is 8.71. The molecule has 0 bridgehead atoms. The van der Waals surface area contributed by atoms with Gasteiger partial charge in [-0.25, -0.2) is 14.4 Å². The molecule has 3 aromatic heterocycles. The summed E-state index contributed by atoms with van der Waals surface area (Å²) in [6.45, 7) is 0. The molecule has 5 nitrogen and oxygen atoms in total. The highest BCUT2D eigenvalue weighted by molar-refractivity contribution is 7.09. The van der Waals surface area contributed by atoms with E-state index in [1.165, 1.54) is 30.0 Å². The van der Waals surface area contributed by atoms with Gasteiger partial charge in [-0.1, -0.05) is 24.3 Å². The summed E-state index contributed by atoms with van der Waals surface area (Å²) in [5, 5.41) is 4.00. The summed E-state index contributed by atoms with van der Waals surface area (Å²) >= 11 is 1.31. The van der Waals surface area contributed by atoms with Gasteiger partial charge in [-0.15, -0.1) is 0 Å². The van der Waals surface area contributed by atoms with Crippen LogP contribution in [0, 0.1) is 5.82 Å². The van der Waals surface area contributed by atoms with Gasteiger partial charge >= 0.3 is 0 Å². The van der Waals surface area contributed by atoms with E-state index in [9.17, 15) is 4.39 Å². The SMILES string of the molecule is Fc1ccc(-c2ccn3c(-c4cccc(Nc5ncns5)c4)cnc3c2)cc1. The molecule has 1 N–H and O–H groups in total. The van der Waals surface area contributed by atoms with E-state index in [0.29, 0.717) is 0 Å². The molecule has 0 spiro atoms. The van der Waals surface area contributed by atoms with Crippen LogP contribution in [0.1, 0.15) is 0 Å². The van der Waals surface area contributed by atoms with Gasteiger partial charge in [0, 0.05) is 29.0 Å². The number of nitrogens with zero attached hydrogens (tertiary/aromatic N) is 4. The Kier molecular flexibility index (Phi) is 4.06. The van der Waals surface area contributed by atoms with Crippen LogP contribution in [0.3, 0.4) is 0 Å². The van der Waals surface area contributed by atoms with Gasteiger partial charge in [0.2, 0.25) is 5.13 Å². The van der Waals surface area contributed by atoms with Gasteiger partial charge in [0.1, 0.15) is 17.8 Å². The Bertz CT molecular complexity index is 1250. The van der Waals surface area contributed by atoms with E-state index in [-0.39, 0.29) is 5.82 Å². The van der Waals surface area contributed by atoms with E-state index in [0.717, 1.165) is 38.9 Å². The number of rotatable bonds is 4. The fourth-order valence-corrected chi connectivity index (χ4v) is 3.58. The smallest absolute Gasteiger partial charge is 0.206 e. The lowest BCUT2D eigenvalue weighted by atomic mass is 10.1. The van der Waals surface area contributed by atoms with Crippen molar-refractivity contribution in [1.82, 2.24) is 18.7 Å². The predicted octanol–water partition coefficient (Wildman–Crippen LogP) is 5.40. The third-order valence-electron chi connectivity index (χ3n) is 4.46. The number of aromatic nitrogens is 4.